The largest absolute Gasteiger partial charge is 0.390 e. The van der Waals surface area contributed by atoms with Gasteiger partial charge in [-0.25, -0.2) is 4.98 Å². The van der Waals surface area contributed by atoms with Crippen LogP contribution in [0.3, 0.4) is 0 Å². The number of aliphatic hydroxyl groups is 1. The standard InChI is InChI=1S/C15H22N4O/c1-17(2)10-12-6-5-9-18(12)15-13(11-20)19-8-4-3-7-14(19)16-15/h3-4,7-8,12,20H,5-6,9-11H2,1-2H3. The predicted molar refractivity (Wildman–Crippen MR) is 80.0 cm³/mol. The average Bonchev–Trinajstić information content (AvgIpc) is 3.00. The molecular formula is C15H22N4O. The van der Waals surface area contributed by atoms with Crippen molar-refractivity contribution in [3.8, 4) is 0 Å². The number of rotatable bonds is 4. The van der Waals surface area contributed by atoms with Crippen LogP contribution in [0.5, 0.6) is 0 Å². The lowest BCUT2D eigenvalue weighted by molar-refractivity contribution is 0.275. The molecule has 2 aromatic rings. The maximum atomic E-state index is 9.74. The van der Waals surface area contributed by atoms with Crippen LogP contribution in [0.25, 0.3) is 5.65 Å². The van der Waals surface area contributed by atoms with E-state index in [0.717, 1.165) is 30.2 Å². The molecule has 1 N–H and O–H groups in total. The molecule has 3 rings (SSSR count). The van der Waals surface area contributed by atoms with Gasteiger partial charge in [-0.2, -0.15) is 0 Å². The van der Waals surface area contributed by atoms with Gasteiger partial charge in [-0.1, -0.05) is 6.07 Å². The fraction of sp³-hybridized carbons (Fsp3) is 0.533. The molecule has 0 spiro atoms. The SMILES string of the molecule is CN(C)CC1CCCN1c1nc2ccccn2c1CO. The van der Waals surface area contributed by atoms with Crippen molar-refractivity contribution < 1.29 is 5.11 Å². The molecule has 1 saturated heterocycles. The van der Waals surface area contributed by atoms with Gasteiger partial charge in [0.05, 0.1) is 12.3 Å². The van der Waals surface area contributed by atoms with Gasteiger partial charge in [0, 0.05) is 25.3 Å². The minimum absolute atomic E-state index is 0.0195. The number of aromatic nitrogens is 2. The highest BCUT2D eigenvalue weighted by atomic mass is 16.3. The van der Waals surface area contributed by atoms with Crippen molar-refractivity contribution in [1.82, 2.24) is 14.3 Å². The first-order chi connectivity index (χ1) is 9.70. The summed E-state index contributed by atoms with van der Waals surface area (Å²) in [6.45, 7) is 2.07. The van der Waals surface area contributed by atoms with Crippen LogP contribution in [-0.2, 0) is 6.61 Å². The van der Waals surface area contributed by atoms with E-state index in [4.69, 9.17) is 4.98 Å². The van der Waals surface area contributed by atoms with Gasteiger partial charge in [0.15, 0.2) is 5.82 Å². The highest BCUT2D eigenvalue weighted by molar-refractivity contribution is 5.56. The van der Waals surface area contributed by atoms with E-state index in [1.807, 2.05) is 28.8 Å². The molecule has 0 aromatic carbocycles. The number of aliphatic hydroxyl groups excluding tert-OH is 1. The normalized spacial score (nSPS) is 19.4. The zero-order valence-corrected chi connectivity index (χ0v) is 12.2. The Morgan fingerprint density at radius 1 is 1.40 bits per heavy atom. The minimum Gasteiger partial charge on any atom is -0.390 e. The zero-order chi connectivity index (χ0) is 14.1. The summed E-state index contributed by atoms with van der Waals surface area (Å²) >= 11 is 0. The Kier molecular flexibility index (Phi) is 3.63. The van der Waals surface area contributed by atoms with Crippen LogP contribution in [0.2, 0.25) is 0 Å². The number of imidazole rings is 1. The monoisotopic (exact) mass is 274 g/mol. The lowest BCUT2D eigenvalue weighted by Crippen LogP contribution is -2.38. The average molecular weight is 274 g/mol. The second-order valence-corrected chi connectivity index (χ2v) is 5.72. The van der Waals surface area contributed by atoms with E-state index < -0.39 is 0 Å². The molecule has 1 aliphatic heterocycles. The fourth-order valence-corrected chi connectivity index (χ4v) is 3.14. The van der Waals surface area contributed by atoms with Crippen molar-refractivity contribution in [2.75, 3.05) is 32.1 Å². The summed E-state index contributed by atoms with van der Waals surface area (Å²) in [6.07, 6.45) is 4.35. The van der Waals surface area contributed by atoms with Gasteiger partial charge >= 0.3 is 0 Å². The molecule has 5 nitrogen and oxygen atoms in total. The van der Waals surface area contributed by atoms with Crippen LogP contribution in [0, 0.1) is 0 Å². The number of hydrogen-bond acceptors (Lipinski definition) is 4. The second kappa shape index (κ2) is 5.42. The van der Waals surface area contributed by atoms with Crippen LogP contribution in [0.4, 0.5) is 5.82 Å². The van der Waals surface area contributed by atoms with Gasteiger partial charge in [-0.3, -0.25) is 4.40 Å². The van der Waals surface area contributed by atoms with Gasteiger partial charge in [0.25, 0.3) is 0 Å². The van der Waals surface area contributed by atoms with Crippen molar-refractivity contribution >= 4 is 11.5 Å². The summed E-state index contributed by atoms with van der Waals surface area (Å²) in [5.74, 6) is 0.947. The number of hydrogen-bond donors (Lipinski definition) is 1. The number of likely N-dealkylation sites (N-methyl/N-ethyl adjacent to an activating group) is 1. The molecule has 1 aliphatic rings. The van der Waals surface area contributed by atoms with Crippen molar-refractivity contribution in [1.29, 1.82) is 0 Å². The van der Waals surface area contributed by atoms with Crippen molar-refractivity contribution in [3.63, 3.8) is 0 Å². The van der Waals surface area contributed by atoms with E-state index >= 15 is 0 Å². The molecule has 0 amide bonds. The third-order valence-electron chi connectivity index (χ3n) is 3.98. The fourth-order valence-electron chi connectivity index (χ4n) is 3.14. The first kappa shape index (κ1) is 13.4. The molecule has 0 saturated carbocycles. The number of anilines is 1. The Morgan fingerprint density at radius 3 is 3.00 bits per heavy atom. The van der Waals surface area contributed by atoms with Gasteiger partial charge < -0.3 is 14.9 Å². The lowest BCUT2D eigenvalue weighted by Gasteiger charge is -2.27. The second-order valence-electron chi connectivity index (χ2n) is 5.72. The van der Waals surface area contributed by atoms with Crippen LogP contribution in [-0.4, -0.2) is 52.6 Å². The first-order valence-corrected chi connectivity index (χ1v) is 7.19. The van der Waals surface area contributed by atoms with Gasteiger partial charge in [-0.15, -0.1) is 0 Å². The topological polar surface area (TPSA) is 44.0 Å². The Morgan fingerprint density at radius 2 is 2.25 bits per heavy atom. The molecule has 1 atom stereocenters. The third-order valence-corrected chi connectivity index (χ3v) is 3.98. The summed E-state index contributed by atoms with van der Waals surface area (Å²) in [5, 5.41) is 9.74. The predicted octanol–water partition coefficient (Wildman–Crippen LogP) is 1.36. The smallest absolute Gasteiger partial charge is 0.153 e. The first-order valence-electron chi connectivity index (χ1n) is 7.19. The van der Waals surface area contributed by atoms with E-state index in [1.165, 1.54) is 12.8 Å². The molecule has 1 unspecified atom stereocenters. The Balaban J connectivity index is 2.00. The summed E-state index contributed by atoms with van der Waals surface area (Å²) in [6, 6.07) is 6.42. The van der Waals surface area contributed by atoms with Gasteiger partial charge in [0.2, 0.25) is 0 Å². The van der Waals surface area contributed by atoms with E-state index in [2.05, 4.69) is 23.9 Å². The van der Waals surface area contributed by atoms with Crippen LogP contribution >= 0.6 is 0 Å². The highest BCUT2D eigenvalue weighted by Gasteiger charge is 2.29. The summed E-state index contributed by atoms with van der Waals surface area (Å²) in [7, 11) is 4.21. The molecule has 0 radical (unpaired) electrons. The van der Waals surface area contributed by atoms with Crippen LogP contribution in [0.1, 0.15) is 18.5 Å². The van der Waals surface area contributed by atoms with Crippen LogP contribution < -0.4 is 4.90 Å². The molecule has 20 heavy (non-hydrogen) atoms. The maximum absolute atomic E-state index is 9.74. The zero-order valence-electron chi connectivity index (χ0n) is 12.2. The van der Waals surface area contributed by atoms with Gasteiger partial charge in [0.1, 0.15) is 5.65 Å². The Bertz CT molecular complexity index is 593. The summed E-state index contributed by atoms with van der Waals surface area (Å²) in [4.78, 5) is 9.31. The number of pyridine rings is 1. The van der Waals surface area contributed by atoms with Crippen molar-refractivity contribution in [3.05, 3.63) is 30.1 Å². The highest BCUT2D eigenvalue weighted by Crippen LogP contribution is 2.29. The molecule has 3 heterocycles. The van der Waals surface area contributed by atoms with Crippen molar-refractivity contribution in [2.24, 2.45) is 0 Å². The third kappa shape index (κ3) is 2.27. The molecule has 2 aromatic heterocycles. The Hall–Kier alpha value is -1.59. The maximum Gasteiger partial charge on any atom is 0.153 e. The van der Waals surface area contributed by atoms with E-state index in [1.54, 1.807) is 0 Å². The number of fused-ring (bicyclic) bond motifs is 1. The molecule has 0 bridgehead atoms. The Labute approximate surface area is 119 Å². The number of nitrogens with zero attached hydrogens (tertiary/aromatic N) is 4. The molecular weight excluding hydrogens is 252 g/mol. The quantitative estimate of drug-likeness (QED) is 0.914. The van der Waals surface area contributed by atoms with E-state index in [-0.39, 0.29) is 6.61 Å². The molecule has 5 heteroatoms. The molecule has 1 fully saturated rings. The van der Waals surface area contributed by atoms with Gasteiger partial charge in [-0.05, 0) is 39.1 Å². The summed E-state index contributed by atoms with van der Waals surface area (Å²) in [5.41, 5.74) is 1.80. The van der Waals surface area contributed by atoms with E-state index in [0.29, 0.717) is 6.04 Å². The molecule has 0 aliphatic carbocycles. The van der Waals surface area contributed by atoms with E-state index in [9.17, 15) is 5.11 Å². The lowest BCUT2D eigenvalue weighted by atomic mass is 10.2. The summed E-state index contributed by atoms with van der Waals surface area (Å²) < 4.78 is 1.99. The molecule has 108 valence electrons. The van der Waals surface area contributed by atoms with Crippen LogP contribution in [0.15, 0.2) is 24.4 Å². The minimum atomic E-state index is 0.0195. The van der Waals surface area contributed by atoms with Crippen molar-refractivity contribution in [2.45, 2.75) is 25.5 Å².